The van der Waals surface area contributed by atoms with Gasteiger partial charge in [0.2, 0.25) is 0 Å². The Balaban J connectivity index is 0.923. The molecule has 0 saturated heterocycles. The van der Waals surface area contributed by atoms with E-state index < -0.39 is 10.8 Å². The lowest BCUT2D eigenvalue weighted by molar-refractivity contribution is 0.633. The molecule has 0 heterocycles. The molecule has 12 aromatic carbocycles. The number of para-hydroxylation sites is 1. The fraction of sp³-hybridized carbons (Fsp3) is 0.0294. The molecule has 0 amide bonds. The Hall–Kier alpha value is -8.78. The largest absolute Gasteiger partial charge is 0.310 e. The molecule has 1 heteroatoms. The topological polar surface area (TPSA) is 3.24 Å². The van der Waals surface area contributed by atoms with Crippen LogP contribution >= 0.6 is 0 Å². The Labute approximate surface area is 401 Å². The van der Waals surface area contributed by atoms with Gasteiger partial charge in [-0.25, -0.2) is 0 Å². The van der Waals surface area contributed by atoms with E-state index in [1.807, 2.05) is 0 Å². The maximum absolute atomic E-state index is 2.43. The molecule has 0 atom stereocenters. The molecule has 0 N–H and O–H groups in total. The molecule has 69 heavy (non-hydrogen) atoms. The van der Waals surface area contributed by atoms with Crippen LogP contribution in [0.15, 0.2) is 261 Å². The van der Waals surface area contributed by atoms with Crippen molar-refractivity contribution in [1.29, 1.82) is 0 Å². The lowest BCUT2D eigenvalue weighted by Gasteiger charge is -2.48. The maximum atomic E-state index is 2.43. The zero-order chi connectivity index (χ0) is 45.3. The van der Waals surface area contributed by atoms with Gasteiger partial charge in [-0.2, -0.15) is 0 Å². The first-order valence-corrected chi connectivity index (χ1v) is 24.2. The molecule has 12 aromatic rings. The fourth-order valence-corrected chi connectivity index (χ4v) is 13.4. The van der Waals surface area contributed by atoms with E-state index in [-0.39, 0.29) is 0 Å². The van der Waals surface area contributed by atoms with Crippen molar-refractivity contribution in [3.8, 4) is 33.4 Å². The number of benzene rings is 12. The van der Waals surface area contributed by atoms with Gasteiger partial charge in [0.05, 0.1) is 10.8 Å². The van der Waals surface area contributed by atoms with Crippen LogP contribution in [0.5, 0.6) is 0 Å². The lowest BCUT2D eigenvalue weighted by atomic mass is 9.52. The normalized spacial score (nSPS) is 14.0. The Bertz CT molecular complexity index is 3950. The standard InChI is InChI=1S/C68H43N/c1-2-19-45(20-3-1)69(47-41-42-53-51-23-5-4-21-49(51)50-22-6-7-24-52(50)57(53)43-47)46-39-37-44(38-40-46)48-28-18-36-65-66(48)56-27-10-13-31-60(56)68(65)63-34-16-14-32-61(63)67(62-33-15-17-35-64(62)68)58-29-11-8-25-54(58)55-26-9-12-30-59(55)67/h1-43H. The second-order valence-electron chi connectivity index (χ2n) is 19.0. The van der Waals surface area contributed by atoms with Crippen molar-refractivity contribution >= 4 is 49.4 Å². The van der Waals surface area contributed by atoms with Crippen LogP contribution < -0.4 is 4.90 Å². The summed E-state index contributed by atoms with van der Waals surface area (Å²) in [5, 5.41) is 7.63. The van der Waals surface area contributed by atoms with E-state index in [4.69, 9.17) is 0 Å². The summed E-state index contributed by atoms with van der Waals surface area (Å²) in [5.74, 6) is 0. The zero-order valence-electron chi connectivity index (χ0n) is 37.8. The van der Waals surface area contributed by atoms with Crippen LogP contribution in [0.4, 0.5) is 17.1 Å². The molecule has 0 radical (unpaired) electrons. The van der Waals surface area contributed by atoms with Crippen molar-refractivity contribution in [1.82, 2.24) is 0 Å². The van der Waals surface area contributed by atoms with Crippen LogP contribution in [-0.4, -0.2) is 0 Å². The van der Waals surface area contributed by atoms with E-state index in [0.29, 0.717) is 0 Å². The Morgan fingerprint density at radius 1 is 0.217 bits per heavy atom. The molecule has 0 aliphatic heterocycles. The summed E-state index contributed by atoms with van der Waals surface area (Å²) in [5.41, 5.74) is 20.8. The van der Waals surface area contributed by atoms with E-state index in [0.717, 1.165) is 17.1 Å². The number of hydrogen-bond donors (Lipinski definition) is 0. The Kier molecular flexibility index (Phi) is 7.98. The van der Waals surface area contributed by atoms with Gasteiger partial charge in [-0.15, -0.1) is 0 Å². The van der Waals surface area contributed by atoms with Crippen molar-refractivity contribution < 1.29 is 0 Å². The van der Waals surface area contributed by atoms with Gasteiger partial charge >= 0.3 is 0 Å². The van der Waals surface area contributed by atoms with Crippen molar-refractivity contribution in [3.05, 3.63) is 305 Å². The van der Waals surface area contributed by atoms with Gasteiger partial charge in [0.1, 0.15) is 0 Å². The van der Waals surface area contributed by atoms with Gasteiger partial charge in [-0.1, -0.05) is 224 Å². The van der Waals surface area contributed by atoms with Crippen LogP contribution in [0.2, 0.25) is 0 Å². The SMILES string of the molecule is c1ccc(N(c2ccc(-c3cccc4c3-c3ccccc3C43c4ccccc4C4(c5ccccc5-c5ccccc54)c4ccccc43)cc2)c2ccc3c4ccccc4c4ccccc4c3c2)cc1. The third-order valence-corrected chi connectivity index (χ3v) is 15.9. The van der Waals surface area contributed by atoms with Gasteiger partial charge in [0.15, 0.2) is 0 Å². The molecule has 3 aliphatic rings. The summed E-state index contributed by atoms with van der Waals surface area (Å²) in [6, 6.07) is 98.0. The van der Waals surface area contributed by atoms with Gasteiger partial charge in [-0.3, -0.25) is 0 Å². The van der Waals surface area contributed by atoms with E-state index in [2.05, 4.69) is 266 Å². The molecule has 0 fully saturated rings. The molecule has 0 unspecified atom stereocenters. The molecule has 320 valence electrons. The molecule has 15 rings (SSSR count). The summed E-state index contributed by atoms with van der Waals surface area (Å²) in [6.07, 6.45) is 0. The van der Waals surface area contributed by atoms with Gasteiger partial charge in [-0.05, 0) is 147 Å². The smallest absolute Gasteiger partial charge is 0.0720 e. The molecule has 1 nitrogen and oxygen atoms in total. The number of fused-ring (bicyclic) bond motifs is 22. The van der Waals surface area contributed by atoms with Crippen LogP contribution in [0.3, 0.4) is 0 Å². The molecule has 0 aromatic heterocycles. The third-order valence-electron chi connectivity index (χ3n) is 15.9. The maximum Gasteiger partial charge on any atom is 0.0720 e. The van der Waals surface area contributed by atoms with Crippen LogP contribution in [0.25, 0.3) is 65.7 Å². The molecule has 3 aliphatic carbocycles. The van der Waals surface area contributed by atoms with Crippen molar-refractivity contribution in [2.45, 2.75) is 10.8 Å². The number of anilines is 3. The molecule has 2 spiro atoms. The van der Waals surface area contributed by atoms with Crippen molar-refractivity contribution in [3.63, 3.8) is 0 Å². The molecular formula is C68H43N. The predicted molar refractivity (Wildman–Crippen MR) is 287 cm³/mol. The number of rotatable bonds is 4. The van der Waals surface area contributed by atoms with Gasteiger partial charge in [0.25, 0.3) is 0 Å². The van der Waals surface area contributed by atoms with E-state index in [9.17, 15) is 0 Å². The minimum atomic E-state index is -0.539. The van der Waals surface area contributed by atoms with E-state index in [1.54, 1.807) is 0 Å². The average molecular weight is 874 g/mol. The highest BCUT2D eigenvalue weighted by Gasteiger charge is 2.59. The summed E-state index contributed by atoms with van der Waals surface area (Å²) in [4.78, 5) is 2.40. The monoisotopic (exact) mass is 873 g/mol. The number of nitrogens with zero attached hydrogens (tertiary/aromatic N) is 1. The van der Waals surface area contributed by atoms with Crippen molar-refractivity contribution in [2.24, 2.45) is 0 Å². The second kappa shape index (κ2) is 14.4. The molecule has 0 bridgehead atoms. The minimum Gasteiger partial charge on any atom is -0.310 e. The Morgan fingerprint density at radius 3 is 1.13 bits per heavy atom. The third kappa shape index (κ3) is 4.98. The van der Waals surface area contributed by atoms with Gasteiger partial charge in [0, 0.05) is 17.1 Å². The lowest BCUT2D eigenvalue weighted by Crippen LogP contribution is -2.43. The summed E-state index contributed by atoms with van der Waals surface area (Å²) in [7, 11) is 0. The van der Waals surface area contributed by atoms with Crippen molar-refractivity contribution in [2.75, 3.05) is 4.90 Å². The first kappa shape index (κ1) is 38.3. The first-order chi connectivity index (χ1) is 34.3. The van der Waals surface area contributed by atoms with Crippen LogP contribution in [0.1, 0.15) is 44.5 Å². The minimum absolute atomic E-state index is 0.465. The molecule has 0 saturated carbocycles. The van der Waals surface area contributed by atoms with Crippen LogP contribution in [0, 0.1) is 0 Å². The molecular weight excluding hydrogens is 831 g/mol. The average Bonchev–Trinajstić information content (AvgIpc) is 3.89. The zero-order valence-corrected chi connectivity index (χ0v) is 37.8. The second-order valence-corrected chi connectivity index (χ2v) is 19.0. The van der Waals surface area contributed by atoms with Crippen LogP contribution in [-0.2, 0) is 10.8 Å². The highest BCUT2D eigenvalue weighted by Crippen LogP contribution is 2.68. The quantitative estimate of drug-likeness (QED) is 0.159. The summed E-state index contributed by atoms with van der Waals surface area (Å²) < 4.78 is 0. The highest BCUT2D eigenvalue weighted by atomic mass is 15.1. The summed E-state index contributed by atoms with van der Waals surface area (Å²) >= 11 is 0. The van der Waals surface area contributed by atoms with Gasteiger partial charge < -0.3 is 4.90 Å². The van der Waals surface area contributed by atoms with E-state index >= 15 is 0 Å². The summed E-state index contributed by atoms with van der Waals surface area (Å²) in [6.45, 7) is 0. The predicted octanol–water partition coefficient (Wildman–Crippen LogP) is 17.3. The van der Waals surface area contributed by atoms with E-state index in [1.165, 1.54) is 110 Å². The highest BCUT2D eigenvalue weighted by molar-refractivity contribution is 6.25. The Morgan fingerprint density at radius 2 is 0.580 bits per heavy atom. The fourth-order valence-electron chi connectivity index (χ4n) is 13.4. The number of hydrogen-bond acceptors (Lipinski definition) is 1. The first-order valence-electron chi connectivity index (χ1n) is 24.2.